The molecule has 0 saturated heterocycles. The summed E-state index contributed by atoms with van der Waals surface area (Å²) in [5.41, 5.74) is 1.57. The van der Waals surface area contributed by atoms with Gasteiger partial charge in [-0.2, -0.15) is 0 Å². The topological polar surface area (TPSA) is 182 Å². The van der Waals surface area contributed by atoms with Crippen molar-refractivity contribution in [2.45, 2.75) is 88.4 Å². The van der Waals surface area contributed by atoms with Crippen molar-refractivity contribution in [3.63, 3.8) is 0 Å². The number of carbonyl (C=O) groups excluding carboxylic acids is 3. The second kappa shape index (κ2) is 11.1. The highest BCUT2D eigenvalue weighted by Gasteiger charge is 2.67. The number of carbonyl (C=O) groups is 3. The molecule has 0 heterocycles. The van der Waals surface area contributed by atoms with Crippen molar-refractivity contribution < 1.29 is 39.9 Å². The molecule has 0 spiro atoms. The molecule has 5 atom stereocenters. The third-order valence-corrected chi connectivity index (χ3v) is 10.3. The summed E-state index contributed by atoms with van der Waals surface area (Å²) in [6.45, 7) is 4.04. The fourth-order valence-corrected chi connectivity index (χ4v) is 8.00. The van der Waals surface area contributed by atoms with Gasteiger partial charge in [0.1, 0.15) is 22.8 Å². The number of amides is 1. The minimum absolute atomic E-state index is 0.0126. The summed E-state index contributed by atoms with van der Waals surface area (Å²) in [7, 11) is 2.95. The van der Waals surface area contributed by atoms with E-state index in [1.54, 1.807) is 12.1 Å². The first-order valence-electron chi connectivity index (χ1n) is 15.2. The highest BCUT2D eigenvalue weighted by atomic mass is 16.4. The van der Waals surface area contributed by atoms with E-state index in [1.165, 1.54) is 57.5 Å². The zero-order chi connectivity index (χ0) is 31.6. The Labute approximate surface area is 251 Å². The van der Waals surface area contributed by atoms with Crippen LogP contribution in [0.4, 0.5) is 0 Å². The molecule has 10 nitrogen and oxygen atoms in total. The Kier molecular flexibility index (Phi) is 8.03. The van der Waals surface area contributed by atoms with E-state index in [9.17, 15) is 39.9 Å². The second-order valence-electron chi connectivity index (χ2n) is 13.6. The molecular weight excluding hydrogens is 552 g/mol. The number of aromatic hydroxyl groups is 1. The molecule has 10 heteroatoms. The van der Waals surface area contributed by atoms with E-state index in [2.05, 4.69) is 0 Å². The van der Waals surface area contributed by atoms with E-state index in [0.29, 0.717) is 11.1 Å². The van der Waals surface area contributed by atoms with Gasteiger partial charge < -0.3 is 31.3 Å². The van der Waals surface area contributed by atoms with Gasteiger partial charge in [-0.15, -0.1) is 0 Å². The first-order valence-corrected chi connectivity index (χ1v) is 15.2. The van der Waals surface area contributed by atoms with Crippen LogP contribution in [0.25, 0.3) is 5.76 Å². The molecule has 233 valence electrons. The largest absolute Gasteiger partial charge is 0.508 e. The Bertz CT molecular complexity index is 1420. The van der Waals surface area contributed by atoms with Crippen LogP contribution in [0, 0.1) is 24.2 Å². The fourth-order valence-electron chi connectivity index (χ4n) is 8.00. The summed E-state index contributed by atoms with van der Waals surface area (Å²) in [5.74, 6) is -7.57. The lowest BCUT2D eigenvalue weighted by atomic mass is 9.56. The number of hydrogen-bond acceptors (Lipinski definition) is 9. The summed E-state index contributed by atoms with van der Waals surface area (Å²) in [4.78, 5) is 40.8. The molecule has 1 aromatic carbocycles. The van der Waals surface area contributed by atoms with Crippen LogP contribution in [0.2, 0.25) is 0 Å². The molecule has 2 fully saturated rings. The molecule has 7 N–H and O–H groups in total. The smallest absolute Gasteiger partial charge is 0.255 e. The molecule has 2 saturated carbocycles. The van der Waals surface area contributed by atoms with Crippen molar-refractivity contribution in [1.29, 1.82) is 0 Å². The Morgan fingerprint density at radius 3 is 2.35 bits per heavy atom. The summed E-state index contributed by atoms with van der Waals surface area (Å²) in [6.07, 6.45) is 9.14. The summed E-state index contributed by atoms with van der Waals surface area (Å²) in [5, 5.41) is 57.4. The highest BCUT2D eigenvalue weighted by molar-refractivity contribution is 6.24. The average molecular weight is 596 g/mol. The maximum absolute atomic E-state index is 14.1. The van der Waals surface area contributed by atoms with Crippen molar-refractivity contribution in [2.24, 2.45) is 23.5 Å². The number of hydrogen-bond donors (Lipinski definition) is 6. The lowest BCUT2D eigenvalue weighted by Crippen LogP contribution is -2.70. The first-order chi connectivity index (χ1) is 20.1. The van der Waals surface area contributed by atoms with Gasteiger partial charge in [0.25, 0.3) is 5.91 Å². The van der Waals surface area contributed by atoms with E-state index in [-0.39, 0.29) is 11.3 Å². The summed E-state index contributed by atoms with van der Waals surface area (Å²) >= 11 is 0. The Morgan fingerprint density at radius 1 is 1.09 bits per heavy atom. The molecule has 0 aliphatic heterocycles. The zero-order valence-corrected chi connectivity index (χ0v) is 25.3. The Balaban J connectivity index is 1.56. The summed E-state index contributed by atoms with van der Waals surface area (Å²) in [6, 6.07) is 2.12. The van der Waals surface area contributed by atoms with Gasteiger partial charge in [-0.1, -0.05) is 70.9 Å². The standard InChI is InChI=1S/C33H43N2O8/c1-32(2,14-8-11-16-9-6-5-7-10-16)19-13-12-17-15-18-21(27(38)20(17)26(19)37)29(40)33(43)23(25(18)36)24(35(3)4)28(39)22(30(33)41)31(34)42/h12-13,15-16,18,23-25,36-38,41,43H,5-11,14H2,1-4H3,(H2,34,42)/t18-,23-,24+,25+,33+/m0/s1. The lowest BCUT2D eigenvalue weighted by molar-refractivity contribution is -0.167. The van der Waals surface area contributed by atoms with Crippen LogP contribution in [0.15, 0.2) is 29.0 Å². The number of nitrogens with zero attached hydrogens (tertiary/aromatic N) is 1. The number of fused-ring (bicyclic) bond motifs is 3. The van der Waals surface area contributed by atoms with E-state index in [0.717, 1.165) is 25.2 Å². The van der Waals surface area contributed by atoms with Gasteiger partial charge >= 0.3 is 0 Å². The molecule has 0 aromatic heterocycles. The molecule has 4 aliphatic carbocycles. The number of aliphatic hydroxyl groups excluding tert-OH is 3. The van der Waals surface area contributed by atoms with Crippen molar-refractivity contribution >= 4 is 23.2 Å². The maximum atomic E-state index is 14.1. The quantitative estimate of drug-likeness (QED) is 0.258. The van der Waals surface area contributed by atoms with Crippen molar-refractivity contribution in [3.8, 4) is 5.75 Å². The second-order valence-corrected chi connectivity index (χ2v) is 13.6. The third-order valence-electron chi connectivity index (χ3n) is 10.3. The number of likely N-dealkylation sites (N-methyl/N-ethyl adjacent to an activating group) is 1. The number of rotatable bonds is 7. The minimum atomic E-state index is -2.93. The third kappa shape index (κ3) is 4.78. The van der Waals surface area contributed by atoms with Crippen LogP contribution in [0.1, 0.15) is 81.9 Å². The molecule has 4 aliphatic rings. The fraction of sp³-hybridized carbons (Fsp3) is 0.576. The normalized spacial score (nSPS) is 29.9. The highest BCUT2D eigenvalue weighted by Crippen LogP contribution is 2.54. The molecule has 5 rings (SSSR count). The number of benzene rings is 1. The number of nitrogens with two attached hydrogens (primary N) is 1. The molecule has 0 bridgehead atoms. The van der Waals surface area contributed by atoms with Crippen LogP contribution < -0.4 is 5.73 Å². The molecule has 1 radical (unpaired) electrons. The Morgan fingerprint density at radius 2 is 1.74 bits per heavy atom. The predicted molar refractivity (Wildman–Crippen MR) is 159 cm³/mol. The van der Waals surface area contributed by atoms with Crippen LogP contribution in [-0.2, 0) is 19.8 Å². The van der Waals surface area contributed by atoms with Crippen LogP contribution >= 0.6 is 0 Å². The number of Topliss-reactive ketones (excluding diaryl/α,β-unsaturated/α-hetero) is 2. The van der Waals surface area contributed by atoms with Gasteiger partial charge in [-0.05, 0) is 37.4 Å². The number of phenolic OH excluding ortho intramolecular Hbond substituents is 1. The van der Waals surface area contributed by atoms with Crippen LogP contribution in [0.3, 0.4) is 0 Å². The van der Waals surface area contributed by atoms with E-state index >= 15 is 0 Å². The molecule has 43 heavy (non-hydrogen) atoms. The number of phenols is 1. The number of primary amides is 1. The van der Waals surface area contributed by atoms with Crippen LogP contribution in [0.5, 0.6) is 5.75 Å². The monoisotopic (exact) mass is 595 g/mol. The number of aliphatic hydroxyl groups is 4. The summed E-state index contributed by atoms with van der Waals surface area (Å²) < 4.78 is 0. The van der Waals surface area contributed by atoms with Crippen LogP contribution in [-0.4, -0.2) is 79.7 Å². The minimum Gasteiger partial charge on any atom is -0.508 e. The van der Waals surface area contributed by atoms with Crippen molar-refractivity contribution in [3.05, 3.63) is 52.1 Å². The Hall–Kier alpha value is -3.21. The van der Waals surface area contributed by atoms with Gasteiger partial charge in [-0.25, -0.2) is 0 Å². The van der Waals surface area contributed by atoms with E-state index < -0.39 is 75.1 Å². The SMILES string of the molecule is CN(C)[C@H]1C(=O)C(C(N)=O)=C(O)[C@]2(O)C(=O)C3=C(O)c4c(ccc(C(C)(C)CCCC5CCCCC5)c4O)[CH][C@@H]3[C@@H](O)[C@H]12. The van der Waals surface area contributed by atoms with Crippen molar-refractivity contribution in [1.82, 2.24) is 4.90 Å². The van der Waals surface area contributed by atoms with E-state index in [1.807, 2.05) is 13.8 Å². The van der Waals surface area contributed by atoms with Gasteiger partial charge in [0.2, 0.25) is 5.78 Å². The van der Waals surface area contributed by atoms with Crippen molar-refractivity contribution in [2.75, 3.05) is 14.1 Å². The molecule has 1 aromatic rings. The molecule has 0 unspecified atom stereocenters. The number of ketones is 2. The van der Waals surface area contributed by atoms with E-state index in [4.69, 9.17) is 5.73 Å². The van der Waals surface area contributed by atoms with Gasteiger partial charge in [-0.3, -0.25) is 19.3 Å². The maximum Gasteiger partial charge on any atom is 0.255 e. The molecule has 1 amide bonds. The average Bonchev–Trinajstić information content (AvgIpc) is 2.93. The van der Waals surface area contributed by atoms with Gasteiger partial charge in [0.15, 0.2) is 11.4 Å². The molecular formula is C33H43N2O8. The van der Waals surface area contributed by atoms with Gasteiger partial charge in [0.05, 0.1) is 23.6 Å². The predicted octanol–water partition coefficient (Wildman–Crippen LogP) is 2.97. The van der Waals surface area contributed by atoms with Gasteiger partial charge in [0, 0.05) is 23.5 Å². The lowest BCUT2D eigenvalue weighted by Gasteiger charge is -2.52. The first kappa shape index (κ1) is 31.2. The zero-order valence-electron chi connectivity index (χ0n) is 25.3.